The molecule has 0 fully saturated rings. The van der Waals surface area contributed by atoms with Gasteiger partial charge >= 0.3 is 0 Å². The molecule has 0 aliphatic heterocycles. The number of hydrogen-bond donors (Lipinski definition) is 1. The van der Waals surface area contributed by atoms with Crippen LogP contribution in [0.1, 0.15) is 32.1 Å². The van der Waals surface area contributed by atoms with E-state index in [1.165, 1.54) is 12.8 Å². The van der Waals surface area contributed by atoms with Crippen molar-refractivity contribution in [1.82, 2.24) is 0 Å². The molecule has 70 valence electrons. The summed E-state index contributed by atoms with van der Waals surface area (Å²) in [6, 6.07) is 0. The molecule has 0 aromatic rings. The first kappa shape index (κ1) is 11.4. The molecule has 1 heteroatoms. The van der Waals surface area contributed by atoms with E-state index >= 15 is 0 Å². The predicted octanol–water partition coefficient (Wildman–Crippen LogP) is 2.92. The fourth-order valence-electron chi connectivity index (χ4n) is 1.26. The van der Waals surface area contributed by atoms with E-state index in [4.69, 9.17) is 5.11 Å². The van der Waals surface area contributed by atoms with Gasteiger partial charge in [0.2, 0.25) is 0 Å². The summed E-state index contributed by atoms with van der Waals surface area (Å²) in [6.07, 6.45) is 9.36. The smallest absolute Gasteiger partial charge is 0.0431 e. The molecule has 1 unspecified atom stereocenters. The number of aliphatic hydroxyl groups excluding tert-OH is 1. The lowest BCUT2D eigenvalue weighted by Gasteiger charge is -2.09. The third-order valence-corrected chi connectivity index (χ3v) is 2.05. The summed E-state index contributed by atoms with van der Waals surface area (Å²) < 4.78 is 0. The highest BCUT2D eigenvalue weighted by Gasteiger charge is 2.01. The molecule has 0 rings (SSSR count). The van der Waals surface area contributed by atoms with Crippen molar-refractivity contribution in [2.75, 3.05) is 6.61 Å². The standard InChI is InChI=1S/C11H20O/c1-3-5-6-8-11(4-2)9-7-10-12/h3-4,11-12H,1-2,5-10H2. The molecular weight excluding hydrogens is 148 g/mol. The van der Waals surface area contributed by atoms with Crippen LogP contribution in [0.5, 0.6) is 0 Å². The quantitative estimate of drug-likeness (QED) is 0.436. The molecule has 1 nitrogen and oxygen atoms in total. The van der Waals surface area contributed by atoms with Gasteiger partial charge in [0, 0.05) is 6.61 Å². The number of aliphatic hydroxyl groups is 1. The molecule has 1 atom stereocenters. The van der Waals surface area contributed by atoms with E-state index in [2.05, 4.69) is 13.2 Å². The third-order valence-electron chi connectivity index (χ3n) is 2.05. The highest BCUT2D eigenvalue weighted by Crippen LogP contribution is 2.15. The lowest BCUT2D eigenvalue weighted by Crippen LogP contribution is -1.97. The number of hydrogen-bond acceptors (Lipinski definition) is 1. The molecule has 0 heterocycles. The molecule has 0 amide bonds. The van der Waals surface area contributed by atoms with E-state index in [0.717, 1.165) is 19.3 Å². The summed E-state index contributed by atoms with van der Waals surface area (Å²) in [5.74, 6) is 0.581. The van der Waals surface area contributed by atoms with Gasteiger partial charge in [0.25, 0.3) is 0 Å². The fourth-order valence-corrected chi connectivity index (χ4v) is 1.26. The van der Waals surface area contributed by atoms with Crippen molar-refractivity contribution in [3.05, 3.63) is 25.3 Å². The van der Waals surface area contributed by atoms with Gasteiger partial charge in [-0.05, 0) is 38.0 Å². The summed E-state index contributed by atoms with van der Waals surface area (Å²) in [6.45, 7) is 7.76. The van der Waals surface area contributed by atoms with Crippen molar-refractivity contribution in [2.24, 2.45) is 5.92 Å². The highest BCUT2D eigenvalue weighted by molar-refractivity contribution is 4.79. The maximum atomic E-state index is 8.63. The van der Waals surface area contributed by atoms with Gasteiger partial charge in [-0.1, -0.05) is 12.2 Å². The molecule has 0 aliphatic rings. The SMILES string of the molecule is C=CCCCC(C=C)CCCO. The molecule has 0 aromatic heterocycles. The Labute approximate surface area is 75.8 Å². The monoisotopic (exact) mass is 168 g/mol. The van der Waals surface area contributed by atoms with Gasteiger partial charge in [-0.3, -0.25) is 0 Å². The number of unbranched alkanes of at least 4 members (excludes halogenated alkanes) is 1. The van der Waals surface area contributed by atoms with Crippen LogP contribution >= 0.6 is 0 Å². The molecule has 1 N–H and O–H groups in total. The van der Waals surface area contributed by atoms with Gasteiger partial charge < -0.3 is 5.11 Å². The molecule has 0 aromatic carbocycles. The lowest BCUT2D eigenvalue weighted by atomic mass is 9.97. The van der Waals surface area contributed by atoms with Gasteiger partial charge in [0.05, 0.1) is 0 Å². The second-order valence-electron chi connectivity index (χ2n) is 3.08. The lowest BCUT2D eigenvalue weighted by molar-refractivity contribution is 0.275. The van der Waals surface area contributed by atoms with E-state index in [1.807, 2.05) is 12.2 Å². The number of rotatable bonds is 8. The minimum atomic E-state index is 0.297. The molecule has 0 radical (unpaired) electrons. The molecule has 0 spiro atoms. The second-order valence-corrected chi connectivity index (χ2v) is 3.08. The van der Waals surface area contributed by atoms with Crippen molar-refractivity contribution in [3.63, 3.8) is 0 Å². The van der Waals surface area contributed by atoms with E-state index < -0.39 is 0 Å². The van der Waals surface area contributed by atoms with Crippen molar-refractivity contribution in [2.45, 2.75) is 32.1 Å². The van der Waals surface area contributed by atoms with Gasteiger partial charge in [-0.2, -0.15) is 0 Å². The van der Waals surface area contributed by atoms with Crippen LogP contribution in [0.2, 0.25) is 0 Å². The highest BCUT2D eigenvalue weighted by atomic mass is 16.2. The Hall–Kier alpha value is -0.560. The zero-order valence-corrected chi connectivity index (χ0v) is 7.84. The average Bonchev–Trinajstić information content (AvgIpc) is 2.11. The summed E-state index contributed by atoms with van der Waals surface area (Å²) in [4.78, 5) is 0. The first-order chi connectivity index (χ1) is 5.85. The van der Waals surface area contributed by atoms with Gasteiger partial charge in [-0.25, -0.2) is 0 Å². The van der Waals surface area contributed by atoms with Crippen molar-refractivity contribution >= 4 is 0 Å². The van der Waals surface area contributed by atoms with Crippen LogP contribution in [0.15, 0.2) is 25.3 Å². The average molecular weight is 168 g/mol. The van der Waals surface area contributed by atoms with Crippen LogP contribution in [-0.2, 0) is 0 Å². The van der Waals surface area contributed by atoms with Gasteiger partial charge in [0.1, 0.15) is 0 Å². The van der Waals surface area contributed by atoms with E-state index in [0.29, 0.717) is 12.5 Å². The number of allylic oxidation sites excluding steroid dienone is 2. The Bertz CT molecular complexity index is 118. The summed E-state index contributed by atoms with van der Waals surface area (Å²) in [5, 5.41) is 8.63. The van der Waals surface area contributed by atoms with E-state index in [9.17, 15) is 0 Å². The van der Waals surface area contributed by atoms with Crippen LogP contribution < -0.4 is 0 Å². The second kappa shape index (κ2) is 8.54. The zero-order chi connectivity index (χ0) is 9.23. The predicted molar refractivity (Wildman–Crippen MR) is 54.1 cm³/mol. The van der Waals surface area contributed by atoms with Crippen LogP contribution in [0.25, 0.3) is 0 Å². The zero-order valence-electron chi connectivity index (χ0n) is 7.84. The first-order valence-corrected chi connectivity index (χ1v) is 4.69. The van der Waals surface area contributed by atoms with Gasteiger partial charge in [-0.15, -0.1) is 13.2 Å². The topological polar surface area (TPSA) is 20.2 Å². The van der Waals surface area contributed by atoms with Crippen LogP contribution in [0, 0.1) is 5.92 Å². The van der Waals surface area contributed by atoms with E-state index in [1.54, 1.807) is 0 Å². The molecule has 12 heavy (non-hydrogen) atoms. The fraction of sp³-hybridized carbons (Fsp3) is 0.636. The Morgan fingerprint density at radius 1 is 1.17 bits per heavy atom. The summed E-state index contributed by atoms with van der Waals surface area (Å²) >= 11 is 0. The van der Waals surface area contributed by atoms with Crippen LogP contribution in [-0.4, -0.2) is 11.7 Å². The van der Waals surface area contributed by atoms with Crippen molar-refractivity contribution in [1.29, 1.82) is 0 Å². The Balaban J connectivity index is 3.38. The molecule has 0 bridgehead atoms. The summed E-state index contributed by atoms with van der Waals surface area (Å²) in [5.41, 5.74) is 0. The maximum absolute atomic E-state index is 8.63. The molecule has 0 aliphatic carbocycles. The minimum absolute atomic E-state index is 0.297. The molecule has 0 saturated heterocycles. The summed E-state index contributed by atoms with van der Waals surface area (Å²) in [7, 11) is 0. The van der Waals surface area contributed by atoms with Crippen molar-refractivity contribution < 1.29 is 5.11 Å². The van der Waals surface area contributed by atoms with Gasteiger partial charge in [0.15, 0.2) is 0 Å². The normalized spacial score (nSPS) is 12.4. The van der Waals surface area contributed by atoms with Crippen LogP contribution in [0.4, 0.5) is 0 Å². The van der Waals surface area contributed by atoms with Crippen molar-refractivity contribution in [3.8, 4) is 0 Å². The molecule has 0 saturated carbocycles. The maximum Gasteiger partial charge on any atom is 0.0431 e. The Morgan fingerprint density at radius 2 is 1.83 bits per heavy atom. The van der Waals surface area contributed by atoms with E-state index in [-0.39, 0.29) is 0 Å². The minimum Gasteiger partial charge on any atom is -0.396 e. The third kappa shape index (κ3) is 6.17. The molecular formula is C11H20O. The first-order valence-electron chi connectivity index (χ1n) is 4.69. The Morgan fingerprint density at radius 3 is 2.33 bits per heavy atom. The van der Waals surface area contributed by atoms with Crippen LogP contribution in [0.3, 0.4) is 0 Å². The Kier molecular flexibility index (Phi) is 8.14. The largest absolute Gasteiger partial charge is 0.396 e.